The van der Waals surface area contributed by atoms with E-state index < -0.39 is 23.9 Å². The van der Waals surface area contributed by atoms with Crippen LogP contribution in [0.5, 0.6) is 0 Å². The molecule has 2 rings (SSSR count). The summed E-state index contributed by atoms with van der Waals surface area (Å²) < 4.78 is 11.1. The van der Waals surface area contributed by atoms with Gasteiger partial charge in [-0.2, -0.15) is 0 Å². The van der Waals surface area contributed by atoms with Crippen LogP contribution in [0.2, 0.25) is 10.0 Å². The molecular formula is C26H34Cl2N2O5. The lowest BCUT2D eigenvalue weighted by Crippen LogP contribution is -2.41. The molecule has 0 radical (unpaired) electrons. The molecule has 1 unspecified atom stereocenters. The second kappa shape index (κ2) is 14.3. The highest BCUT2D eigenvalue weighted by molar-refractivity contribution is 6.30. The second-order valence-corrected chi connectivity index (χ2v) is 10.00. The molecule has 0 spiro atoms. The lowest BCUT2D eigenvalue weighted by atomic mass is 10.1. The highest BCUT2D eigenvalue weighted by Crippen LogP contribution is 2.14. The monoisotopic (exact) mass is 524 g/mol. The van der Waals surface area contributed by atoms with Gasteiger partial charge in [0.15, 0.2) is 0 Å². The molecule has 0 aliphatic heterocycles. The van der Waals surface area contributed by atoms with Crippen molar-refractivity contribution in [2.75, 3.05) is 26.2 Å². The number of benzene rings is 2. The SMILES string of the molecule is CC(C)(C)OC(=O)N(CCCOC(NCCc1cccc(Cl)c1)C(=O)O)CCc1cccc(Cl)c1. The summed E-state index contributed by atoms with van der Waals surface area (Å²) in [5.74, 6) is -1.10. The Balaban J connectivity index is 1.84. The van der Waals surface area contributed by atoms with Crippen molar-refractivity contribution in [3.05, 3.63) is 69.7 Å². The molecule has 0 fully saturated rings. The molecule has 0 aliphatic carbocycles. The molecule has 0 heterocycles. The molecule has 0 saturated heterocycles. The standard InChI is InChI=1S/C26H34Cl2N2O5/c1-26(2,3)35-25(33)30(15-12-20-8-5-10-22(28)18-20)14-6-16-34-23(24(31)32)29-13-11-19-7-4-9-21(27)17-19/h4-5,7-10,17-18,23,29H,6,11-16H2,1-3H3,(H,31,32). The average molecular weight is 525 g/mol. The minimum atomic E-state index is -1.14. The van der Waals surface area contributed by atoms with E-state index in [0.717, 1.165) is 11.1 Å². The van der Waals surface area contributed by atoms with Crippen molar-refractivity contribution < 1.29 is 24.2 Å². The Bertz CT molecular complexity index is 965. The fraction of sp³-hybridized carbons (Fsp3) is 0.462. The summed E-state index contributed by atoms with van der Waals surface area (Å²) in [5.41, 5.74) is 1.39. The minimum absolute atomic E-state index is 0.164. The predicted octanol–water partition coefficient (Wildman–Crippen LogP) is 5.42. The van der Waals surface area contributed by atoms with Gasteiger partial charge in [-0.25, -0.2) is 9.59 Å². The maximum Gasteiger partial charge on any atom is 0.410 e. The number of carbonyl (C=O) groups is 2. The number of carboxylic acids is 1. The van der Waals surface area contributed by atoms with Crippen LogP contribution in [0.15, 0.2) is 48.5 Å². The zero-order chi connectivity index (χ0) is 25.8. The van der Waals surface area contributed by atoms with Crippen molar-refractivity contribution in [1.29, 1.82) is 0 Å². The molecule has 2 aromatic carbocycles. The summed E-state index contributed by atoms with van der Waals surface area (Å²) in [7, 11) is 0. The third-order valence-electron chi connectivity index (χ3n) is 4.92. The van der Waals surface area contributed by atoms with Crippen LogP contribution in [-0.4, -0.2) is 60.1 Å². The van der Waals surface area contributed by atoms with Gasteiger partial charge in [-0.15, -0.1) is 0 Å². The molecule has 35 heavy (non-hydrogen) atoms. The van der Waals surface area contributed by atoms with Crippen molar-refractivity contribution in [2.45, 2.75) is 51.9 Å². The topological polar surface area (TPSA) is 88.1 Å². The molecule has 0 aliphatic rings. The molecule has 192 valence electrons. The van der Waals surface area contributed by atoms with Crippen LogP contribution in [0.1, 0.15) is 38.3 Å². The van der Waals surface area contributed by atoms with Gasteiger partial charge in [0, 0.05) is 29.7 Å². The van der Waals surface area contributed by atoms with E-state index in [1.54, 1.807) is 17.0 Å². The average Bonchev–Trinajstić information content (AvgIpc) is 2.76. The smallest absolute Gasteiger partial charge is 0.410 e. The van der Waals surface area contributed by atoms with Gasteiger partial charge in [0.25, 0.3) is 0 Å². The van der Waals surface area contributed by atoms with Gasteiger partial charge >= 0.3 is 12.1 Å². The lowest BCUT2D eigenvalue weighted by Gasteiger charge is -2.27. The molecule has 2 aromatic rings. The van der Waals surface area contributed by atoms with Gasteiger partial charge in [-0.05, 0) is 75.4 Å². The molecule has 1 atom stereocenters. The van der Waals surface area contributed by atoms with Crippen molar-refractivity contribution in [3.63, 3.8) is 0 Å². The van der Waals surface area contributed by atoms with Gasteiger partial charge in [0.1, 0.15) is 5.60 Å². The maximum absolute atomic E-state index is 12.7. The van der Waals surface area contributed by atoms with Crippen LogP contribution in [-0.2, 0) is 27.1 Å². The number of hydrogen-bond donors (Lipinski definition) is 2. The van der Waals surface area contributed by atoms with Gasteiger partial charge in [0.05, 0.1) is 6.61 Å². The first kappa shape index (κ1) is 28.9. The van der Waals surface area contributed by atoms with E-state index in [1.165, 1.54) is 0 Å². The van der Waals surface area contributed by atoms with Crippen molar-refractivity contribution in [1.82, 2.24) is 10.2 Å². The first-order chi connectivity index (χ1) is 16.5. The number of rotatable bonds is 13. The largest absolute Gasteiger partial charge is 0.478 e. The van der Waals surface area contributed by atoms with Crippen LogP contribution in [0.25, 0.3) is 0 Å². The summed E-state index contributed by atoms with van der Waals surface area (Å²) in [6.07, 6.45) is 0.117. The third-order valence-corrected chi connectivity index (χ3v) is 5.39. The molecule has 1 amide bonds. The van der Waals surface area contributed by atoms with E-state index in [-0.39, 0.29) is 6.61 Å². The first-order valence-electron chi connectivity index (χ1n) is 11.6. The fourth-order valence-corrected chi connectivity index (χ4v) is 3.72. The molecule has 0 bridgehead atoms. The molecule has 7 nitrogen and oxygen atoms in total. The maximum atomic E-state index is 12.7. The number of carboxylic acid groups (broad SMARTS) is 1. The predicted molar refractivity (Wildman–Crippen MR) is 138 cm³/mol. The van der Waals surface area contributed by atoms with Crippen molar-refractivity contribution in [2.24, 2.45) is 0 Å². The molecule has 2 N–H and O–H groups in total. The highest BCUT2D eigenvalue weighted by Gasteiger charge is 2.22. The summed E-state index contributed by atoms with van der Waals surface area (Å²) in [6.45, 7) is 6.83. The molecule has 0 saturated carbocycles. The number of ether oxygens (including phenoxy) is 2. The van der Waals surface area contributed by atoms with Crippen LogP contribution in [0, 0.1) is 0 Å². The van der Waals surface area contributed by atoms with E-state index in [0.29, 0.717) is 48.9 Å². The number of nitrogens with zero attached hydrogens (tertiary/aromatic N) is 1. The van der Waals surface area contributed by atoms with Crippen molar-refractivity contribution >= 4 is 35.3 Å². The van der Waals surface area contributed by atoms with Crippen LogP contribution < -0.4 is 5.32 Å². The zero-order valence-corrected chi connectivity index (χ0v) is 21.9. The first-order valence-corrected chi connectivity index (χ1v) is 12.3. The normalized spacial score (nSPS) is 12.3. The third kappa shape index (κ3) is 11.8. The molecule has 9 heteroatoms. The Morgan fingerprint density at radius 1 is 1.00 bits per heavy atom. The van der Waals surface area contributed by atoms with Crippen molar-refractivity contribution in [3.8, 4) is 0 Å². The summed E-state index contributed by atoms with van der Waals surface area (Å²) in [5, 5.41) is 13.6. The van der Waals surface area contributed by atoms with E-state index in [2.05, 4.69) is 5.32 Å². The number of halogens is 2. The minimum Gasteiger partial charge on any atom is -0.478 e. The summed E-state index contributed by atoms with van der Waals surface area (Å²) >= 11 is 12.1. The summed E-state index contributed by atoms with van der Waals surface area (Å²) in [6, 6.07) is 14.9. The number of amides is 1. The van der Waals surface area contributed by atoms with Gasteiger partial charge in [-0.3, -0.25) is 5.32 Å². The Hall–Kier alpha value is -2.32. The number of hydrogen-bond acceptors (Lipinski definition) is 5. The van der Waals surface area contributed by atoms with Crippen LogP contribution >= 0.6 is 23.2 Å². The number of carbonyl (C=O) groups excluding carboxylic acids is 1. The quantitative estimate of drug-likeness (QED) is 0.268. The highest BCUT2D eigenvalue weighted by atomic mass is 35.5. The Kier molecular flexibility index (Phi) is 11.8. The van der Waals surface area contributed by atoms with E-state index >= 15 is 0 Å². The molecule has 0 aromatic heterocycles. The number of nitrogens with one attached hydrogen (secondary N) is 1. The van der Waals surface area contributed by atoms with Gasteiger partial charge in [0.2, 0.25) is 6.23 Å². The molecular weight excluding hydrogens is 491 g/mol. The van der Waals surface area contributed by atoms with Gasteiger partial charge in [-0.1, -0.05) is 47.5 Å². The fourth-order valence-electron chi connectivity index (χ4n) is 3.29. The second-order valence-electron chi connectivity index (χ2n) is 9.12. The lowest BCUT2D eigenvalue weighted by molar-refractivity contribution is -0.152. The van der Waals surface area contributed by atoms with Gasteiger partial charge < -0.3 is 19.5 Å². The van der Waals surface area contributed by atoms with E-state index in [9.17, 15) is 14.7 Å². The summed E-state index contributed by atoms with van der Waals surface area (Å²) in [4.78, 5) is 25.9. The Morgan fingerprint density at radius 2 is 1.60 bits per heavy atom. The van der Waals surface area contributed by atoms with Crippen LogP contribution in [0.4, 0.5) is 4.79 Å². The van der Waals surface area contributed by atoms with E-state index in [4.69, 9.17) is 32.7 Å². The van der Waals surface area contributed by atoms with Crippen LogP contribution in [0.3, 0.4) is 0 Å². The Morgan fingerprint density at radius 3 is 2.14 bits per heavy atom. The zero-order valence-electron chi connectivity index (χ0n) is 20.4. The Labute approximate surface area is 217 Å². The number of aliphatic carboxylic acids is 1. The van der Waals surface area contributed by atoms with E-state index in [1.807, 2.05) is 57.2 Å².